The molecule has 23 heteroatoms. The summed E-state index contributed by atoms with van der Waals surface area (Å²) in [6, 6.07) is 0.734. The Kier molecular flexibility index (Phi) is 10.6. The third-order valence-electron chi connectivity index (χ3n) is 4.14. The normalized spacial score (nSPS) is 14.6. The molecule has 214 valence electrons. The van der Waals surface area contributed by atoms with E-state index in [0.29, 0.717) is 12.1 Å². The zero-order valence-electron chi connectivity index (χ0n) is 17.3. The van der Waals surface area contributed by atoms with Crippen molar-refractivity contribution in [2.45, 2.75) is 46.5 Å². The summed E-state index contributed by atoms with van der Waals surface area (Å²) >= 11 is 0. The van der Waals surface area contributed by atoms with Crippen LogP contribution in [0, 0.1) is 0 Å². The monoisotopic (exact) mass is 642 g/mol. The SMILES string of the molecule is O=S(=O)([O-])c1ccccc1OC(F)(F)C(F)(F)C(F)(F)C(F)(F)C(F)(F)C(F)(F)C(F)(F)C(F)=C(F)F.[K+]. The van der Waals surface area contributed by atoms with Crippen LogP contribution in [0.1, 0.15) is 0 Å². The van der Waals surface area contributed by atoms with Crippen molar-refractivity contribution in [1.29, 1.82) is 0 Å². The molecule has 0 fully saturated rings. The summed E-state index contributed by atoms with van der Waals surface area (Å²) in [5.74, 6) is -57.6. The second-order valence-electron chi connectivity index (χ2n) is 6.54. The first-order valence-corrected chi connectivity index (χ1v) is 9.56. The van der Waals surface area contributed by atoms with Crippen molar-refractivity contribution < 1.29 is 144 Å². The van der Waals surface area contributed by atoms with Gasteiger partial charge in [0, 0.05) is 0 Å². The van der Waals surface area contributed by atoms with Gasteiger partial charge in [-0.2, -0.15) is 74.6 Å². The second kappa shape index (κ2) is 10.8. The Morgan fingerprint density at radius 1 is 0.658 bits per heavy atom. The van der Waals surface area contributed by atoms with E-state index in [-0.39, 0.29) is 63.5 Å². The molecule has 0 saturated heterocycles. The molecule has 1 rings (SSSR count). The molecule has 1 aromatic rings. The number of allylic oxidation sites excluding steroid dienone is 1. The summed E-state index contributed by atoms with van der Waals surface area (Å²) in [7, 11) is -5.98. The summed E-state index contributed by atoms with van der Waals surface area (Å²) < 4.78 is 262. The first-order chi connectivity index (χ1) is 16.1. The van der Waals surface area contributed by atoms with Gasteiger partial charge in [0.25, 0.3) is 0 Å². The number of hydrogen-bond donors (Lipinski definition) is 0. The van der Waals surface area contributed by atoms with Crippen molar-refractivity contribution in [2.24, 2.45) is 0 Å². The summed E-state index contributed by atoms with van der Waals surface area (Å²) in [5.41, 5.74) is 0. The molecule has 0 atom stereocenters. The molecular weight excluding hydrogens is 638 g/mol. The number of alkyl halides is 14. The van der Waals surface area contributed by atoms with Crippen molar-refractivity contribution >= 4 is 10.1 Å². The molecule has 0 spiro atoms. The number of ether oxygens (including phenoxy) is 1. The molecule has 38 heavy (non-hydrogen) atoms. The third kappa shape index (κ3) is 5.64. The summed E-state index contributed by atoms with van der Waals surface area (Å²) in [6.07, 6.45) is -11.9. The standard InChI is InChI=1S/C15H5F17O4S.K/c16-7(8(17)18)9(19,20)10(21,22)11(23,24)12(25,26)13(27,28)14(29,30)15(31,32)36-5-3-1-2-4-6(5)37(33,34)35;/h1-4H,(H,33,34,35);/q;+1/p-1. The quantitative estimate of drug-likeness (QED) is 0.223. The molecule has 0 aromatic heterocycles. The van der Waals surface area contributed by atoms with E-state index in [4.69, 9.17) is 0 Å². The minimum Gasteiger partial charge on any atom is -0.744 e. The summed E-state index contributed by atoms with van der Waals surface area (Å²) in [6.45, 7) is 0. The zero-order valence-corrected chi connectivity index (χ0v) is 21.2. The van der Waals surface area contributed by atoms with E-state index >= 15 is 0 Å². The zero-order chi connectivity index (χ0) is 29.8. The molecule has 0 unspecified atom stereocenters. The van der Waals surface area contributed by atoms with Gasteiger partial charge in [-0.05, 0) is 12.1 Å². The Morgan fingerprint density at radius 3 is 1.42 bits per heavy atom. The van der Waals surface area contributed by atoms with Gasteiger partial charge in [0.2, 0.25) is 5.83 Å². The maximum atomic E-state index is 13.8. The molecular formula is C15H4F17KO4S. The number of benzene rings is 1. The predicted octanol–water partition coefficient (Wildman–Crippen LogP) is 3.46. The van der Waals surface area contributed by atoms with Crippen molar-refractivity contribution in [3.8, 4) is 5.75 Å². The Balaban J connectivity index is 0.0000137. The van der Waals surface area contributed by atoms with E-state index in [1.165, 1.54) is 0 Å². The van der Waals surface area contributed by atoms with Gasteiger partial charge in [-0.3, -0.25) is 0 Å². The van der Waals surface area contributed by atoms with Gasteiger partial charge in [-0.1, -0.05) is 12.1 Å². The van der Waals surface area contributed by atoms with Crippen LogP contribution in [0.15, 0.2) is 41.1 Å². The van der Waals surface area contributed by atoms with Crippen LogP contribution < -0.4 is 56.1 Å². The van der Waals surface area contributed by atoms with Crippen molar-refractivity contribution in [3.63, 3.8) is 0 Å². The molecule has 4 nitrogen and oxygen atoms in total. The van der Waals surface area contributed by atoms with E-state index < -0.39 is 74.3 Å². The van der Waals surface area contributed by atoms with E-state index in [1.807, 2.05) is 0 Å². The van der Waals surface area contributed by atoms with Crippen LogP contribution in [-0.4, -0.2) is 54.6 Å². The minimum atomic E-state index is -8.75. The Hall–Kier alpha value is -0.884. The van der Waals surface area contributed by atoms with E-state index in [0.717, 1.165) is 0 Å². The first-order valence-electron chi connectivity index (χ1n) is 8.15. The number of halogens is 17. The van der Waals surface area contributed by atoms with Crippen LogP contribution >= 0.6 is 0 Å². The summed E-state index contributed by atoms with van der Waals surface area (Å²) in [4.78, 5) is -2.05. The van der Waals surface area contributed by atoms with Gasteiger partial charge in [0.05, 0.1) is 4.90 Å². The fourth-order valence-corrected chi connectivity index (χ4v) is 2.77. The van der Waals surface area contributed by atoms with Crippen LogP contribution in [0.5, 0.6) is 5.75 Å². The van der Waals surface area contributed by atoms with E-state index in [1.54, 1.807) is 0 Å². The maximum absolute atomic E-state index is 13.8. The molecule has 0 amide bonds. The number of hydrogen-bond acceptors (Lipinski definition) is 4. The Labute approximate surface area is 241 Å². The van der Waals surface area contributed by atoms with Crippen LogP contribution in [0.3, 0.4) is 0 Å². The molecule has 1 aromatic carbocycles. The van der Waals surface area contributed by atoms with Crippen LogP contribution in [0.25, 0.3) is 0 Å². The fraction of sp³-hybridized carbons (Fsp3) is 0.467. The van der Waals surface area contributed by atoms with Crippen LogP contribution in [0.2, 0.25) is 0 Å². The Bertz CT molecular complexity index is 1160. The maximum Gasteiger partial charge on any atom is 1.00 e. The van der Waals surface area contributed by atoms with Gasteiger partial charge < -0.3 is 9.29 Å². The Morgan fingerprint density at radius 2 is 1.03 bits per heavy atom. The molecule has 0 aliphatic carbocycles. The topological polar surface area (TPSA) is 66.4 Å². The van der Waals surface area contributed by atoms with Crippen molar-refractivity contribution in [3.05, 3.63) is 36.2 Å². The fourth-order valence-electron chi connectivity index (χ4n) is 2.17. The number of para-hydroxylation sites is 1. The van der Waals surface area contributed by atoms with Crippen molar-refractivity contribution in [1.82, 2.24) is 0 Å². The van der Waals surface area contributed by atoms with Gasteiger partial charge in [0.15, 0.2) is 0 Å². The molecule has 0 aliphatic heterocycles. The van der Waals surface area contributed by atoms with Crippen molar-refractivity contribution in [2.75, 3.05) is 0 Å². The first kappa shape index (κ1) is 37.1. The van der Waals surface area contributed by atoms with Gasteiger partial charge >= 0.3 is 99.1 Å². The van der Waals surface area contributed by atoms with Gasteiger partial charge in [-0.15, -0.1) is 0 Å². The summed E-state index contributed by atoms with van der Waals surface area (Å²) in [5, 5.41) is 0. The predicted molar refractivity (Wildman–Crippen MR) is 80.0 cm³/mol. The molecule has 0 N–H and O–H groups in total. The molecule has 0 heterocycles. The van der Waals surface area contributed by atoms with E-state index in [2.05, 4.69) is 4.74 Å². The minimum absolute atomic E-state index is 0. The van der Waals surface area contributed by atoms with Crippen LogP contribution in [-0.2, 0) is 10.1 Å². The smallest absolute Gasteiger partial charge is 0.744 e. The van der Waals surface area contributed by atoms with Gasteiger partial charge in [-0.25, -0.2) is 8.42 Å². The third-order valence-corrected chi connectivity index (χ3v) is 5.01. The molecule has 0 bridgehead atoms. The van der Waals surface area contributed by atoms with Crippen LogP contribution in [0.4, 0.5) is 74.6 Å². The number of rotatable bonds is 10. The average Bonchev–Trinajstić information content (AvgIpc) is 2.71. The average molecular weight is 642 g/mol. The molecule has 0 saturated carbocycles. The van der Waals surface area contributed by atoms with E-state index in [9.17, 15) is 87.6 Å². The molecule has 0 radical (unpaired) electrons. The van der Waals surface area contributed by atoms with Gasteiger partial charge in [0.1, 0.15) is 15.9 Å². The largest absolute Gasteiger partial charge is 1.00 e. The second-order valence-corrected chi connectivity index (χ2v) is 7.89. The molecule has 0 aliphatic rings.